The predicted molar refractivity (Wildman–Crippen MR) is 54.3 cm³/mol. The van der Waals surface area contributed by atoms with E-state index < -0.39 is 5.60 Å². The Balaban J connectivity index is 2.66. The van der Waals surface area contributed by atoms with Crippen molar-refractivity contribution >= 4 is 29.0 Å². The lowest BCUT2D eigenvalue weighted by Crippen LogP contribution is -2.32. The van der Waals surface area contributed by atoms with Crippen LogP contribution >= 0.6 is 23.2 Å². The molecule has 14 heavy (non-hydrogen) atoms. The number of ether oxygens (including phenoxy) is 1. The Morgan fingerprint density at radius 3 is 2.71 bits per heavy atom. The third-order valence-corrected chi connectivity index (χ3v) is 2.59. The molecule has 2 nitrogen and oxygen atoms in total. The zero-order valence-electron chi connectivity index (χ0n) is 7.65. The number of fused-ring (bicyclic) bond motifs is 1. The molecule has 73 valence electrons. The molecule has 1 radical (unpaired) electrons. The van der Waals surface area contributed by atoms with Crippen molar-refractivity contribution in [1.82, 2.24) is 0 Å². The summed E-state index contributed by atoms with van der Waals surface area (Å²) in [5.74, 6) is 0.211. The molecule has 0 spiro atoms. The molecule has 4 heteroatoms. The molecule has 1 heterocycles. The van der Waals surface area contributed by atoms with Crippen molar-refractivity contribution in [3.05, 3.63) is 27.7 Å². The number of Topliss-reactive ketones (excluding diaryl/α,β-unsaturated/α-hetero) is 1. The zero-order chi connectivity index (χ0) is 10.5. The lowest BCUT2D eigenvalue weighted by atomic mass is 10.00. The first-order valence-electron chi connectivity index (χ1n) is 4.07. The van der Waals surface area contributed by atoms with Crippen LogP contribution in [0.3, 0.4) is 0 Å². The molecule has 0 aliphatic carbocycles. The van der Waals surface area contributed by atoms with Crippen LogP contribution in [-0.2, 0) is 0 Å². The summed E-state index contributed by atoms with van der Waals surface area (Å²) in [5.41, 5.74) is -0.492. The molecule has 0 aromatic heterocycles. The minimum Gasteiger partial charge on any atom is -0.478 e. The first kappa shape index (κ1) is 9.81. The van der Waals surface area contributed by atoms with E-state index in [2.05, 4.69) is 6.07 Å². The molecule has 0 atom stereocenters. The van der Waals surface area contributed by atoms with Gasteiger partial charge in [0.05, 0.1) is 15.6 Å². The summed E-state index contributed by atoms with van der Waals surface area (Å²) in [6, 6.07) is 4.24. The second-order valence-electron chi connectivity index (χ2n) is 3.61. The Hall–Kier alpha value is -0.730. The van der Waals surface area contributed by atoms with Gasteiger partial charge in [-0.25, -0.2) is 0 Å². The minimum absolute atomic E-state index is 0.134. The number of carbonyl (C=O) groups excluding carboxylic acids is 1. The van der Waals surface area contributed by atoms with Gasteiger partial charge in [-0.05, 0) is 19.9 Å². The van der Waals surface area contributed by atoms with Crippen molar-refractivity contribution in [2.75, 3.05) is 0 Å². The maximum Gasteiger partial charge on any atom is 0.211 e. The fraction of sp³-hybridized carbons (Fsp3) is 0.300. The number of rotatable bonds is 0. The molecule has 1 aromatic carbocycles. The third kappa shape index (κ3) is 1.30. The van der Waals surface area contributed by atoms with Crippen molar-refractivity contribution in [2.24, 2.45) is 0 Å². The van der Waals surface area contributed by atoms with Crippen LogP contribution in [0.25, 0.3) is 0 Å². The lowest BCUT2D eigenvalue weighted by Gasteiger charge is -2.14. The monoisotopic (exact) mass is 229 g/mol. The number of ketones is 1. The maximum absolute atomic E-state index is 11.8. The standard InChI is InChI=1S/C10H7Cl2O2/c1-10(2)9(13)8-6(12)3-5(11)4-7(8)14-10/h3H,1-2H3. The Morgan fingerprint density at radius 2 is 2.07 bits per heavy atom. The number of carbonyl (C=O) groups is 1. The molecule has 0 saturated carbocycles. The molecule has 1 aromatic rings. The highest BCUT2D eigenvalue weighted by Crippen LogP contribution is 2.40. The van der Waals surface area contributed by atoms with Crippen molar-refractivity contribution in [3.63, 3.8) is 0 Å². The van der Waals surface area contributed by atoms with E-state index in [0.717, 1.165) is 0 Å². The van der Waals surface area contributed by atoms with E-state index in [1.807, 2.05) is 0 Å². The van der Waals surface area contributed by atoms with E-state index >= 15 is 0 Å². The van der Waals surface area contributed by atoms with Gasteiger partial charge in [-0.2, -0.15) is 0 Å². The molecular weight excluding hydrogens is 223 g/mol. The summed E-state index contributed by atoms with van der Waals surface area (Å²) >= 11 is 11.6. The summed E-state index contributed by atoms with van der Waals surface area (Å²) in [5, 5.41) is 0.665. The number of benzene rings is 1. The van der Waals surface area contributed by atoms with E-state index in [9.17, 15) is 4.79 Å². The molecule has 1 aliphatic rings. The van der Waals surface area contributed by atoms with Crippen molar-refractivity contribution in [2.45, 2.75) is 19.4 Å². The summed E-state index contributed by atoms with van der Waals surface area (Å²) in [7, 11) is 0. The molecule has 1 aliphatic heterocycles. The minimum atomic E-state index is -0.868. The molecular formula is C10H7Cl2O2. The Kier molecular flexibility index (Phi) is 2.02. The molecule has 0 N–H and O–H groups in total. The first-order valence-corrected chi connectivity index (χ1v) is 4.82. The van der Waals surface area contributed by atoms with Crippen LogP contribution in [0.1, 0.15) is 24.2 Å². The molecule has 0 amide bonds. The average Bonchev–Trinajstić information content (AvgIpc) is 2.21. The Labute approximate surface area is 91.8 Å². The normalized spacial score (nSPS) is 17.9. The first-order chi connectivity index (χ1) is 6.42. The third-order valence-electron chi connectivity index (χ3n) is 2.08. The SMILES string of the molecule is CC1(C)Oc2[c]c(Cl)cc(Cl)c2C1=O. The van der Waals surface area contributed by atoms with Gasteiger partial charge in [-0.3, -0.25) is 4.79 Å². The fourth-order valence-electron chi connectivity index (χ4n) is 1.39. The van der Waals surface area contributed by atoms with Gasteiger partial charge in [-0.15, -0.1) is 0 Å². The second-order valence-corrected chi connectivity index (χ2v) is 4.43. The van der Waals surface area contributed by atoms with Gasteiger partial charge in [0.15, 0.2) is 5.60 Å². The van der Waals surface area contributed by atoms with E-state index in [-0.39, 0.29) is 5.78 Å². The summed E-state index contributed by atoms with van der Waals surface area (Å²) in [6.07, 6.45) is 0. The quantitative estimate of drug-likeness (QED) is 0.684. The number of halogens is 2. The van der Waals surface area contributed by atoms with Crippen LogP contribution in [0.4, 0.5) is 0 Å². The van der Waals surface area contributed by atoms with Crippen molar-refractivity contribution < 1.29 is 9.53 Å². The lowest BCUT2D eigenvalue weighted by molar-refractivity contribution is 0.0684. The van der Waals surface area contributed by atoms with E-state index in [1.54, 1.807) is 13.8 Å². The molecule has 0 unspecified atom stereocenters. The van der Waals surface area contributed by atoms with Gasteiger partial charge >= 0.3 is 0 Å². The van der Waals surface area contributed by atoms with E-state index in [0.29, 0.717) is 21.4 Å². The van der Waals surface area contributed by atoms with Crippen LogP contribution in [0, 0.1) is 6.07 Å². The molecule has 2 rings (SSSR count). The molecule has 0 saturated heterocycles. The van der Waals surface area contributed by atoms with Crippen LogP contribution in [-0.4, -0.2) is 11.4 Å². The maximum atomic E-state index is 11.8. The van der Waals surface area contributed by atoms with Gasteiger partial charge in [0.25, 0.3) is 0 Å². The summed E-state index contributed by atoms with van der Waals surface area (Å²) < 4.78 is 5.39. The van der Waals surface area contributed by atoms with Crippen LogP contribution in [0.2, 0.25) is 10.0 Å². The van der Waals surface area contributed by atoms with Gasteiger partial charge in [0, 0.05) is 6.07 Å². The highest BCUT2D eigenvalue weighted by molar-refractivity contribution is 6.38. The Morgan fingerprint density at radius 1 is 1.43 bits per heavy atom. The van der Waals surface area contributed by atoms with Gasteiger partial charge in [-0.1, -0.05) is 23.2 Å². The summed E-state index contributed by atoms with van der Waals surface area (Å²) in [4.78, 5) is 11.8. The average molecular weight is 230 g/mol. The van der Waals surface area contributed by atoms with Gasteiger partial charge in [0.2, 0.25) is 5.78 Å². The van der Waals surface area contributed by atoms with Gasteiger partial charge in [0.1, 0.15) is 5.75 Å². The van der Waals surface area contributed by atoms with E-state index in [4.69, 9.17) is 27.9 Å². The summed E-state index contributed by atoms with van der Waals surface area (Å²) in [6.45, 7) is 3.38. The largest absolute Gasteiger partial charge is 0.478 e. The van der Waals surface area contributed by atoms with Crippen molar-refractivity contribution in [3.8, 4) is 5.75 Å². The van der Waals surface area contributed by atoms with Crippen LogP contribution < -0.4 is 4.74 Å². The predicted octanol–water partition coefficient (Wildman–Crippen LogP) is 3.15. The number of hydrogen-bond donors (Lipinski definition) is 0. The topological polar surface area (TPSA) is 26.3 Å². The van der Waals surface area contributed by atoms with Crippen LogP contribution in [0.5, 0.6) is 5.75 Å². The number of hydrogen-bond acceptors (Lipinski definition) is 2. The second kappa shape index (κ2) is 2.88. The Bertz CT molecular complexity index is 424. The molecule has 0 fully saturated rings. The highest BCUT2D eigenvalue weighted by Gasteiger charge is 2.41. The fourth-order valence-corrected chi connectivity index (χ4v) is 1.92. The van der Waals surface area contributed by atoms with Crippen LogP contribution in [0.15, 0.2) is 6.07 Å². The molecule has 0 bridgehead atoms. The smallest absolute Gasteiger partial charge is 0.211 e. The highest BCUT2D eigenvalue weighted by atomic mass is 35.5. The van der Waals surface area contributed by atoms with Crippen molar-refractivity contribution in [1.29, 1.82) is 0 Å². The zero-order valence-corrected chi connectivity index (χ0v) is 9.16. The van der Waals surface area contributed by atoms with Gasteiger partial charge < -0.3 is 4.74 Å². The van der Waals surface area contributed by atoms with E-state index in [1.165, 1.54) is 6.07 Å².